The lowest BCUT2D eigenvalue weighted by molar-refractivity contribution is -0.128. The number of nitrogens with zero attached hydrogens (tertiary/aromatic N) is 4. The van der Waals surface area contributed by atoms with Crippen molar-refractivity contribution in [1.29, 1.82) is 0 Å². The minimum absolute atomic E-state index is 0.0761. The van der Waals surface area contributed by atoms with Gasteiger partial charge in [-0.1, -0.05) is 0 Å². The molecule has 5 nitrogen and oxygen atoms in total. The van der Waals surface area contributed by atoms with Gasteiger partial charge in [0, 0.05) is 33.3 Å². The van der Waals surface area contributed by atoms with E-state index in [2.05, 4.69) is 9.97 Å². The number of imidazole rings is 1. The number of carbonyl (C=O) groups is 1. The first kappa shape index (κ1) is 14.8. The van der Waals surface area contributed by atoms with Crippen molar-refractivity contribution in [3.63, 3.8) is 0 Å². The number of hydrogen-bond donors (Lipinski definition) is 0. The van der Waals surface area contributed by atoms with E-state index in [9.17, 15) is 4.79 Å². The van der Waals surface area contributed by atoms with E-state index in [0.29, 0.717) is 13.0 Å². The Balaban J connectivity index is 2.39. The van der Waals surface area contributed by atoms with Crippen LogP contribution in [-0.2, 0) is 11.3 Å². The Hall–Kier alpha value is -1.62. The average molecular weight is 295 g/mol. The summed E-state index contributed by atoms with van der Waals surface area (Å²) in [6, 6.07) is 1.98. The quantitative estimate of drug-likeness (QED) is 0.814. The van der Waals surface area contributed by atoms with E-state index in [-0.39, 0.29) is 11.3 Å². The number of aryl methyl sites for hydroxylation is 2. The molecule has 0 radical (unpaired) electrons. The lowest BCUT2D eigenvalue weighted by Crippen LogP contribution is -2.23. The number of halogens is 1. The van der Waals surface area contributed by atoms with Gasteiger partial charge < -0.3 is 9.47 Å². The topological polar surface area (TPSA) is 51.0 Å². The molecule has 2 aromatic heterocycles. The van der Waals surface area contributed by atoms with Crippen LogP contribution in [0.3, 0.4) is 0 Å². The van der Waals surface area contributed by atoms with Crippen LogP contribution in [0.15, 0.2) is 12.3 Å². The Morgan fingerprint density at radius 1 is 1.50 bits per heavy atom. The lowest BCUT2D eigenvalue weighted by Gasteiger charge is -2.13. The molecule has 2 heterocycles. The normalized spacial score (nSPS) is 12.7. The summed E-state index contributed by atoms with van der Waals surface area (Å²) in [5, 5.41) is -0.223. The van der Waals surface area contributed by atoms with Crippen LogP contribution in [0.25, 0.3) is 11.2 Å². The Morgan fingerprint density at radius 2 is 2.20 bits per heavy atom. The van der Waals surface area contributed by atoms with E-state index in [1.54, 1.807) is 25.2 Å². The van der Waals surface area contributed by atoms with Gasteiger partial charge in [-0.2, -0.15) is 0 Å². The number of amides is 1. The maximum Gasteiger partial charge on any atom is 0.223 e. The number of rotatable bonds is 4. The molecule has 20 heavy (non-hydrogen) atoms. The van der Waals surface area contributed by atoms with Crippen LogP contribution in [-0.4, -0.2) is 39.4 Å². The van der Waals surface area contributed by atoms with Crippen molar-refractivity contribution in [1.82, 2.24) is 19.4 Å². The number of carbonyl (C=O) groups excluding carboxylic acids is 1. The summed E-state index contributed by atoms with van der Waals surface area (Å²) < 4.78 is 1.94. The molecule has 1 amide bonds. The van der Waals surface area contributed by atoms with Gasteiger partial charge in [0.1, 0.15) is 11.3 Å². The fourth-order valence-corrected chi connectivity index (χ4v) is 2.25. The van der Waals surface area contributed by atoms with Crippen molar-refractivity contribution >= 4 is 28.7 Å². The van der Waals surface area contributed by atoms with Gasteiger partial charge in [0.15, 0.2) is 5.65 Å². The molecule has 0 bridgehead atoms. The van der Waals surface area contributed by atoms with E-state index in [1.165, 1.54) is 0 Å². The molecule has 0 N–H and O–H groups in total. The smallest absolute Gasteiger partial charge is 0.223 e. The van der Waals surface area contributed by atoms with Crippen LogP contribution in [0, 0.1) is 6.92 Å². The third-order valence-corrected chi connectivity index (χ3v) is 3.35. The molecule has 2 rings (SSSR count). The number of hydrogen-bond acceptors (Lipinski definition) is 3. The Bertz CT molecular complexity index is 633. The van der Waals surface area contributed by atoms with Gasteiger partial charge in [-0.3, -0.25) is 4.79 Å². The van der Waals surface area contributed by atoms with Gasteiger partial charge in [0.05, 0.1) is 5.38 Å². The molecule has 2 aromatic rings. The molecule has 0 saturated carbocycles. The van der Waals surface area contributed by atoms with Crippen LogP contribution >= 0.6 is 11.6 Å². The highest BCUT2D eigenvalue weighted by molar-refractivity contribution is 6.20. The summed E-state index contributed by atoms with van der Waals surface area (Å²) in [5.74, 6) is 0.832. The summed E-state index contributed by atoms with van der Waals surface area (Å²) >= 11 is 6.19. The highest BCUT2D eigenvalue weighted by Crippen LogP contribution is 2.24. The first-order valence-electron chi connectivity index (χ1n) is 6.57. The molecule has 0 aliphatic heterocycles. The summed E-state index contributed by atoms with van der Waals surface area (Å²) in [6.07, 6.45) is 2.21. The number of aromatic nitrogens is 3. The van der Waals surface area contributed by atoms with Crippen molar-refractivity contribution in [2.75, 3.05) is 14.1 Å². The van der Waals surface area contributed by atoms with Crippen LogP contribution in [0.2, 0.25) is 0 Å². The van der Waals surface area contributed by atoms with Crippen LogP contribution in [0.5, 0.6) is 0 Å². The summed E-state index contributed by atoms with van der Waals surface area (Å²) in [6.45, 7) is 4.39. The van der Waals surface area contributed by atoms with E-state index >= 15 is 0 Å². The third kappa shape index (κ3) is 2.93. The van der Waals surface area contributed by atoms with Gasteiger partial charge >= 0.3 is 0 Å². The predicted octanol–water partition coefficient (Wildman–Crippen LogP) is 2.52. The molecule has 0 fully saturated rings. The molecule has 1 unspecified atom stereocenters. The first-order valence-corrected chi connectivity index (χ1v) is 7.00. The standard InChI is InChI=1S/C14H19ClN4O/c1-9-7-11-14(16-8-9)19(13(17-11)10(2)15)6-5-12(20)18(3)4/h7-8,10H,5-6H2,1-4H3. The monoisotopic (exact) mass is 294 g/mol. The molecule has 108 valence electrons. The minimum Gasteiger partial charge on any atom is -0.349 e. The van der Waals surface area contributed by atoms with Crippen molar-refractivity contribution in [2.45, 2.75) is 32.2 Å². The Kier molecular flexibility index (Phi) is 4.28. The first-order chi connectivity index (χ1) is 9.40. The average Bonchev–Trinajstić information content (AvgIpc) is 2.73. The maximum absolute atomic E-state index is 11.7. The fourth-order valence-electron chi connectivity index (χ4n) is 2.08. The number of alkyl halides is 1. The number of pyridine rings is 1. The molecule has 0 saturated heterocycles. The van der Waals surface area contributed by atoms with E-state index in [1.807, 2.05) is 24.5 Å². The molecule has 0 aliphatic carbocycles. The van der Waals surface area contributed by atoms with Crippen molar-refractivity contribution in [3.05, 3.63) is 23.7 Å². The van der Waals surface area contributed by atoms with Gasteiger partial charge in [-0.05, 0) is 25.5 Å². The van der Waals surface area contributed by atoms with E-state index in [4.69, 9.17) is 11.6 Å². The largest absolute Gasteiger partial charge is 0.349 e. The second kappa shape index (κ2) is 5.79. The zero-order valence-electron chi connectivity index (χ0n) is 12.2. The van der Waals surface area contributed by atoms with Crippen molar-refractivity contribution in [2.24, 2.45) is 0 Å². The van der Waals surface area contributed by atoms with Crippen molar-refractivity contribution < 1.29 is 4.79 Å². The second-order valence-corrected chi connectivity index (χ2v) is 5.79. The molecule has 0 aromatic carbocycles. The van der Waals surface area contributed by atoms with Gasteiger partial charge in [-0.15, -0.1) is 11.6 Å². The van der Waals surface area contributed by atoms with E-state index in [0.717, 1.165) is 22.6 Å². The van der Waals surface area contributed by atoms with E-state index < -0.39 is 0 Å². The lowest BCUT2D eigenvalue weighted by atomic mass is 10.3. The maximum atomic E-state index is 11.7. The molecular weight excluding hydrogens is 276 g/mol. The Morgan fingerprint density at radius 3 is 2.80 bits per heavy atom. The third-order valence-electron chi connectivity index (χ3n) is 3.16. The minimum atomic E-state index is -0.223. The number of fused-ring (bicyclic) bond motifs is 1. The van der Waals surface area contributed by atoms with Crippen LogP contribution < -0.4 is 0 Å². The zero-order valence-corrected chi connectivity index (χ0v) is 13.0. The zero-order chi connectivity index (χ0) is 14.9. The highest BCUT2D eigenvalue weighted by atomic mass is 35.5. The summed E-state index contributed by atoms with van der Waals surface area (Å²) in [7, 11) is 3.50. The van der Waals surface area contributed by atoms with Gasteiger partial charge in [-0.25, -0.2) is 9.97 Å². The molecule has 6 heteroatoms. The second-order valence-electron chi connectivity index (χ2n) is 5.13. The summed E-state index contributed by atoms with van der Waals surface area (Å²) in [5.41, 5.74) is 2.66. The molecule has 0 spiro atoms. The SMILES string of the molecule is Cc1cnc2c(c1)nc(C(C)Cl)n2CCC(=O)N(C)C. The van der Waals surface area contributed by atoms with Crippen LogP contribution in [0.1, 0.15) is 30.1 Å². The van der Waals surface area contributed by atoms with Gasteiger partial charge in [0.2, 0.25) is 5.91 Å². The van der Waals surface area contributed by atoms with Gasteiger partial charge in [0.25, 0.3) is 0 Å². The predicted molar refractivity (Wildman–Crippen MR) is 79.8 cm³/mol. The van der Waals surface area contributed by atoms with Crippen molar-refractivity contribution in [3.8, 4) is 0 Å². The summed E-state index contributed by atoms with van der Waals surface area (Å²) in [4.78, 5) is 22.3. The van der Waals surface area contributed by atoms with Crippen LogP contribution in [0.4, 0.5) is 0 Å². The molecule has 0 aliphatic rings. The highest BCUT2D eigenvalue weighted by Gasteiger charge is 2.17. The fraction of sp³-hybridized carbons (Fsp3) is 0.500. The molecule has 1 atom stereocenters. The Labute approximate surface area is 123 Å². The molecular formula is C14H19ClN4O.